The molecular weight excluding hydrogens is 220 g/mol. The van der Waals surface area contributed by atoms with Crippen molar-refractivity contribution in [2.45, 2.75) is 88.6 Å². The van der Waals surface area contributed by atoms with Crippen LogP contribution in [0, 0.1) is 13.8 Å². The molecule has 0 aromatic carbocycles. The van der Waals surface area contributed by atoms with E-state index >= 15 is 0 Å². The van der Waals surface area contributed by atoms with E-state index in [0.29, 0.717) is 0 Å². The van der Waals surface area contributed by atoms with Gasteiger partial charge in [-0.2, -0.15) is 0 Å². The molecule has 0 atom stereocenters. The number of nitrogens with zero attached hydrogens (tertiary/aromatic N) is 2. The van der Waals surface area contributed by atoms with Gasteiger partial charge in [-0.25, -0.2) is 4.98 Å². The van der Waals surface area contributed by atoms with E-state index in [-0.39, 0.29) is 0 Å². The summed E-state index contributed by atoms with van der Waals surface area (Å²) >= 11 is 0. The molecule has 0 unspecified atom stereocenters. The highest BCUT2D eigenvalue weighted by Crippen LogP contribution is 2.11. The summed E-state index contributed by atoms with van der Waals surface area (Å²) in [4.78, 5) is 4.53. The van der Waals surface area contributed by atoms with Crippen molar-refractivity contribution in [3.05, 3.63) is 17.2 Å². The van der Waals surface area contributed by atoms with Crippen molar-refractivity contribution in [1.29, 1.82) is 0 Å². The zero-order chi connectivity index (χ0) is 15.1. The van der Waals surface area contributed by atoms with Crippen LogP contribution in [0.3, 0.4) is 0 Å². The Labute approximate surface area is 116 Å². The Morgan fingerprint density at radius 3 is 1.67 bits per heavy atom. The van der Waals surface area contributed by atoms with Crippen LogP contribution in [0.15, 0.2) is 0 Å². The lowest BCUT2D eigenvalue weighted by molar-refractivity contribution is 0.668. The van der Waals surface area contributed by atoms with E-state index < -0.39 is 0 Å². The second-order valence-electron chi connectivity index (χ2n) is 3.19. The number of aromatic nitrogens is 2. The molecule has 18 heavy (non-hydrogen) atoms. The maximum atomic E-state index is 4.53. The van der Waals surface area contributed by atoms with E-state index in [1.54, 1.807) is 0 Å². The fourth-order valence-electron chi connectivity index (χ4n) is 1.56. The molecule has 0 saturated heterocycles. The summed E-state index contributed by atoms with van der Waals surface area (Å²) < 4.78 is 2.30. The Kier molecular flexibility index (Phi) is 20.2. The highest BCUT2D eigenvalue weighted by atomic mass is 15.1. The molecule has 0 saturated carbocycles. The smallest absolute Gasteiger partial charge is 0.109 e. The normalized spacial score (nSPS) is 8.11. The molecule has 2 nitrogen and oxygen atoms in total. The fraction of sp³-hybridized carbons (Fsp3) is 0.812. The molecule has 0 aliphatic carbocycles. The summed E-state index contributed by atoms with van der Waals surface area (Å²) in [6.45, 7) is 21.6. The van der Waals surface area contributed by atoms with Gasteiger partial charge in [-0.1, -0.05) is 48.5 Å². The van der Waals surface area contributed by atoms with Crippen molar-refractivity contribution < 1.29 is 0 Å². The minimum Gasteiger partial charge on any atom is -0.332 e. The molecule has 0 radical (unpaired) electrons. The molecule has 0 spiro atoms. The van der Waals surface area contributed by atoms with Crippen LogP contribution < -0.4 is 0 Å². The van der Waals surface area contributed by atoms with E-state index in [2.05, 4.69) is 37.2 Å². The summed E-state index contributed by atoms with van der Waals surface area (Å²) in [5.74, 6) is 1.25. The van der Waals surface area contributed by atoms with Gasteiger partial charge in [0.25, 0.3) is 0 Å². The van der Waals surface area contributed by atoms with Gasteiger partial charge in [-0.15, -0.1) is 0 Å². The molecule has 1 heterocycles. The molecule has 2 heteroatoms. The van der Waals surface area contributed by atoms with Gasteiger partial charge in [0.15, 0.2) is 0 Å². The van der Waals surface area contributed by atoms with E-state index in [0.717, 1.165) is 13.0 Å². The first-order chi connectivity index (χ1) is 8.70. The Hall–Kier alpha value is -0.790. The number of hydrogen-bond acceptors (Lipinski definition) is 1. The van der Waals surface area contributed by atoms with E-state index in [1.165, 1.54) is 23.6 Å². The highest BCUT2D eigenvalue weighted by molar-refractivity contribution is 5.14. The second kappa shape index (κ2) is 16.2. The standard InChI is InChI=1S/C10H18N2.3C2H6/c1-5-7-10-11-8(3)9(4)12(10)6-2;3*1-2/h5-7H2,1-4H3;3*1-2H3. The van der Waals surface area contributed by atoms with Crippen LogP contribution >= 0.6 is 0 Å². The lowest BCUT2D eigenvalue weighted by Crippen LogP contribution is -2.02. The monoisotopic (exact) mass is 256 g/mol. The van der Waals surface area contributed by atoms with E-state index in [4.69, 9.17) is 0 Å². The van der Waals surface area contributed by atoms with Gasteiger partial charge < -0.3 is 4.57 Å². The van der Waals surface area contributed by atoms with Crippen LogP contribution in [0.5, 0.6) is 0 Å². The molecule has 1 aromatic rings. The van der Waals surface area contributed by atoms with Crippen LogP contribution in [-0.2, 0) is 13.0 Å². The van der Waals surface area contributed by atoms with Crippen LogP contribution in [0.25, 0.3) is 0 Å². The number of aryl methyl sites for hydroxylation is 2. The first-order valence-corrected chi connectivity index (χ1v) is 7.73. The van der Waals surface area contributed by atoms with Crippen LogP contribution in [-0.4, -0.2) is 9.55 Å². The Morgan fingerprint density at radius 2 is 1.33 bits per heavy atom. The maximum absolute atomic E-state index is 4.53. The average Bonchev–Trinajstić information content (AvgIpc) is 2.72. The van der Waals surface area contributed by atoms with Gasteiger partial charge in [0, 0.05) is 18.7 Å². The Bertz CT molecular complexity index is 262. The number of rotatable bonds is 3. The SMILES string of the molecule is CC.CC.CC.CCCc1nc(C)c(C)n1CC. The first-order valence-electron chi connectivity index (χ1n) is 7.73. The molecule has 0 fully saturated rings. The van der Waals surface area contributed by atoms with Crippen molar-refractivity contribution in [1.82, 2.24) is 9.55 Å². The molecule has 1 rings (SSSR count). The third-order valence-electron chi connectivity index (χ3n) is 2.33. The van der Waals surface area contributed by atoms with E-state index in [9.17, 15) is 0 Å². The fourth-order valence-corrected chi connectivity index (χ4v) is 1.56. The summed E-state index contributed by atoms with van der Waals surface area (Å²) in [6.07, 6.45) is 2.28. The molecule has 0 amide bonds. The minimum absolute atomic E-state index is 1.04. The molecule has 0 aliphatic rings. The second-order valence-corrected chi connectivity index (χ2v) is 3.19. The zero-order valence-corrected chi connectivity index (χ0v) is 14.5. The zero-order valence-electron chi connectivity index (χ0n) is 14.5. The third kappa shape index (κ3) is 7.52. The van der Waals surface area contributed by atoms with Gasteiger partial charge >= 0.3 is 0 Å². The Morgan fingerprint density at radius 1 is 0.889 bits per heavy atom. The molecular formula is C16H36N2. The van der Waals surface area contributed by atoms with Crippen LogP contribution in [0.1, 0.15) is 79.0 Å². The highest BCUT2D eigenvalue weighted by Gasteiger charge is 2.07. The van der Waals surface area contributed by atoms with E-state index in [1.807, 2.05) is 41.5 Å². The van der Waals surface area contributed by atoms with Gasteiger partial charge in [0.1, 0.15) is 5.82 Å². The van der Waals surface area contributed by atoms with Gasteiger partial charge in [0.05, 0.1) is 5.69 Å². The Balaban J connectivity index is -0.000000328. The predicted molar refractivity (Wildman–Crippen MR) is 85.4 cm³/mol. The molecule has 1 aromatic heterocycles. The van der Waals surface area contributed by atoms with Crippen LogP contribution in [0.4, 0.5) is 0 Å². The summed E-state index contributed by atoms with van der Waals surface area (Å²) in [5.41, 5.74) is 2.50. The lowest BCUT2D eigenvalue weighted by atomic mass is 10.3. The van der Waals surface area contributed by atoms with Gasteiger partial charge in [-0.3, -0.25) is 0 Å². The van der Waals surface area contributed by atoms with Gasteiger partial charge in [0.2, 0.25) is 0 Å². The molecule has 0 aliphatic heterocycles. The molecule has 110 valence electrons. The largest absolute Gasteiger partial charge is 0.332 e. The summed E-state index contributed by atoms with van der Waals surface area (Å²) in [7, 11) is 0. The topological polar surface area (TPSA) is 17.8 Å². The maximum Gasteiger partial charge on any atom is 0.109 e. The van der Waals surface area contributed by atoms with Crippen molar-refractivity contribution in [2.24, 2.45) is 0 Å². The minimum atomic E-state index is 1.04. The van der Waals surface area contributed by atoms with Crippen molar-refractivity contribution in [3.8, 4) is 0 Å². The summed E-state index contributed by atoms with van der Waals surface area (Å²) in [6, 6.07) is 0. The third-order valence-corrected chi connectivity index (χ3v) is 2.33. The quantitative estimate of drug-likeness (QED) is 0.693. The lowest BCUT2D eigenvalue weighted by Gasteiger charge is -2.04. The first kappa shape index (κ1) is 22.4. The van der Waals surface area contributed by atoms with Crippen molar-refractivity contribution >= 4 is 0 Å². The van der Waals surface area contributed by atoms with Crippen molar-refractivity contribution in [2.75, 3.05) is 0 Å². The average molecular weight is 256 g/mol. The van der Waals surface area contributed by atoms with Crippen LogP contribution in [0.2, 0.25) is 0 Å². The number of hydrogen-bond donors (Lipinski definition) is 0. The summed E-state index contributed by atoms with van der Waals surface area (Å²) in [5, 5.41) is 0. The number of imidazole rings is 1. The molecule has 0 N–H and O–H groups in total. The predicted octanol–water partition coefficient (Wildman–Crippen LogP) is 5.55. The van der Waals surface area contributed by atoms with Gasteiger partial charge in [-0.05, 0) is 27.2 Å². The molecule has 0 bridgehead atoms. The van der Waals surface area contributed by atoms with Crippen molar-refractivity contribution in [3.63, 3.8) is 0 Å².